The number of hydrogen-bond donors (Lipinski definition) is 0. The van der Waals surface area contributed by atoms with E-state index in [0.29, 0.717) is 52.1 Å². The van der Waals surface area contributed by atoms with Gasteiger partial charge in [-0.05, 0) is 59.2 Å². The van der Waals surface area contributed by atoms with Crippen molar-refractivity contribution in [3.05, 3.63) is 0 Å². The molecular formula is C33H69NO6S2. The molecule has 0 spiro atoms. The van der Waals surface area contributed by atoms with Gasteiger partial charge in [-0.2, -0.15) is 0 Å². The highest BCUT2D eigenvalue weighted by Gasteiger charge is 2.40. The first kappa shape index (κ1) is 41.8. The second-order valence-corrected chi connectivity index (χ2v) is 19.7. The third kappa shape index (κ3) is 16.7. The molecule has 3 aliphatic rings. The van der Waals surface area contributed by atoms with Crippen molar-refractivity contribution in [1.82, 2.24) is 4.90 Å². The molecule has 3 unspecified atom stereocenters. The summed E-state index contributed by atoms with van der Waals surface area (Å²) < 4.78 is 54.5. The van der Waals surface area contributed by atoms with Gasteiger partial charge in [-0.1, -0.05) is 83.1 Å². The molecule has 0 aromatic carbocycles. The lowest BCUT2D eigenvalue weighted by Crippen LogP contribution is -2.43. The lowest BCUT2D eigenvalue weighted by Gasteiger charge is -2.37. The fourth-order valence-corrected chi connectivity index (χ4v) is 9.25. The number of methoxy groups -OCH3 is 1. The van der Waals surface area contributed by atoms with Crippen LogP contribution in [0.5, 0.6) is 0 Å². The number of morpholine rings is 1. The molecule has 3 rings (SSSR count). The first-order valence-electron chi connectivity index (χ1n) is 16.3. The highest BCUT2D eigenvalue weighted by atomic mass is 32.2. The van der Waals surface area contributed by atoms with Crippen molar-refractivity contribution in [2.45, 2.75) is 95.9 Å². The summed E-state index contributed by atoms with van der Waals surface area (Å²) in [5.41, 5.74) is 0.468. The van der Waals surface area contributed by atoms with Crippen LogP contribution < -0.4 is 0 Å². The Hall–Kier alpha value is -0.220. The maximum atomic E-state index is 11.2. The Morgan fingerprint density at radius 2 is 1.45 bits per heavy atom. The normalized spacial score (nSPS) is 26.3. The average Bonchev–Trinajstić information content (AvgIpc) is 3.38. The van der Waals surface area contributed by atoms with E-state index in [1.54, 1.807) is 7.11 Å². The fourth-order valence-electron chi connectivity index (χ4n) is 4.81. The molecule has 0 bridgehead atoms. The molecule has 0 saturated carbocycles. The molecule has 254 valence electrons. The van der Waals surface area contributed by atoms with E-state index < -0.39 is 19.7 Å². The number of ether oxygens (including phenoxy) is 2. The third-order valence-electron chi connectivity index (χ3n) is 10.0. The van der Waals surface area contributed by atoms with Gasteiger partial charge in [0.1, 0.15) is 0 Å². The SMILES string of the molecule is CC(C)C(C)(C)CN1CCOCC1.CC(C)C1(C)CCS(=O)(=O)C1.CC(C)C1CCS(=O)(=O)C1.COCC(C)C(C)C. The Labute approximate surface area is 262 Å². The molecule has 3 aliphatic heterocycles. The molecule has 3 saturated heterocycles. The van der Waals surface area contributed by atoms with Crippen LogP contribution in [0.1, 0.15) is 95.9 Å². The largest absolute Gasteiger partial charge is 0.384 e. The van der Waals surface area contributed by atoms with Crippen LogP contribution in [0.3, 0.4) is 0 Å². The van der Waals surface area contributed by atoms with E-state index in [2.05, 4.69) is 88.0 Å². The Bertz CT molecular complexity index is 938. The lowest BCUT2D eigenvalue weighted by atomic mass is 9.79. The van der Waals surface area contributed by atoms with E-state index in [4.69, 9.17) is 9.47 Å². The molecule has 0 amide bonds. The molecule has 3 heterocycles. The Balaban J connectivity index is 0.000000542. The zero-order chi connectivity index (χ0) is 32.9. The molecule has 7 nitrogen and oxygen atoms in total. The summed E-state index contributed by atoms with van der Waals surface area (Å²) in [6.07, 6.45) is 1.72. The number of sulfone groups is 2. The first-order chi connectivity index (χ1) is 19.1. The number of rotatable bonds is 8. The van der Waals surface area contributed by atoms with E-state index >= 15 is 0 Å². The zero-order valence-electron chi connectivity index (χ0n) is 29.7. The minimum absolute atomic E-state index is 0.0405. The summed E-state index contributed by atoms with van der Waals surface area (Å²) in [7, 11) is -3.59. The smallest absolute Gasteiger partial charge is 0.150 e. The first-order valence-corrected chi connectivity index (χ1v) is 19.9. The highest BCUT2D eigenvalue weighted by molar-refractivity contribution is 7.91. The van der Waals surface area contributed by atoms with Crippen LogP contribution in [0.2, 0.25) is 0 Å². The van der Waals surface area contributed by atoms with E-state index in [9.17, 15) is 16.8 Å². The van der Waals surface area contributed by atoms with Gasteiger partial charge in [0.05, 0.1) is 36.2 Å². The summed E-state index contributed by atoms with van der Waals surface area (Å²) in [6, 6.07) is 0. The van der Waals surface area contributed by atoms with Gasteiger partial charge in [0.15, 0.2) is 19.7 Å². The third-order valence-corrected chi connectivity index (χ3v) is 13.7. The summed E-state index contributed by atoms with van der Waals surface area (Å²) in [5, 5.41) is 0. The van der Waals surface area contributed by atoms with Gasteiger partial charge in [-0.15, -0.1) is 0 Å². The van der Waals surface area contributed by atoms with Gasteiger partial charge < -0.3 is 9.47 Å². The zero-order valence-corrected chi connectivity index (χ0v) is 31.3. The van der Waals surface area contributed by atoms with Crippen molar-refractivity contribution in [2.75, 3.05) is 69.6 Å². The van der Waals surface area contributed by atoms with Gasteiger partial charge in [0.25, 0.3) is 0 Å². The van der Waals surface area contributed by atoms with E-state index in [0.717, 1.165) is 57.6 Å². The summed E-state index contributed by atoms with van der Waals surface area (Å²) in [5.74, 6) is 5.21. The minimum Gasteiger partial charge on any atom is -0.384 e. The van der Waals surface area contributed by atoms with Crippen LogP contribution in [0.25, 0.3) is 0 Å². The minimum atomic E-state index is -2.70. The maximum Gasteiger partial charge on any atom is 0.150 e. The maximum absolute atomic E-state index is 11.2. The summed E-state index contributed by atoms with van der Waals surface area (Å²) in [6.45, 7) is 32.5. The molecule has 0 radical (unpaired) electrons. The summed E-state index contributed by atoms with van der Waals surface area (Å²) in [4.78, 5) is 2.52. The van der Waals surface area contributed by atoms with Crippen molar-refractivity contribution in [3.8, 4) is 0 Å². The fraction of sp³-hybridized carbons (Fsp3) is 1.00. The summed E-state index contributed by atoms with van der Waals surface area (Å²) >= 11 is 0. The van der Waals surface area contributed by atoms with E-state index in [-0.39, 0.29) is 5.41 Å². The van der Waals surface area contributed by atoms with Gasteiger partial charge >= 0.3 is 0 Å². The van der Waals surface area contributed by atoms with Crippen molar-refractivity contribution in [3.63, 3.8) is 0 Å². The average molecular weight is 640 g/mol. The van der Waals surface area contributed by atoms with Gasteiger partial charge in [0, 0.05) is 33.4 Å². The Morgan fingerprint density at radius 1 is 0.905 bits per heavy atom. The second kappa shape index (κ2) is 18.7. The number of nitrogens with zero attached hydrogens (tertiary/aromatic N) is 1. The molecule has 0 N–H and O–H groups in total. The second-order valence-electron chi connectivity index (χ2n) is 15.3. The van der Waals surface area contributed by atoms with Crippen molar-refractivity contribution < 1.29 is 26.3 Å². The predicted molar refractivity (Wildman–Crippen MR) is 180 cm³/mol. The number of hydrogen-bond acceptors (Lipinski definition) is 7. The van der Waals surface area contributed by atoms with E-state index in [1.807, 2.05) is 0 Å². The molecule has 3 fully saturated rings. The molecule has 0 aliphatic carbocycles. The van der Waals surface area contributed by atoms with Crippen LogP contribution in [-0.4, -0.2) is 91.3 Å². The molecule has 0 aromatic rings. The van der Waals surface area contributed by atoms with Crippen molar-refractivity contribution in [2.24, 2.45) is 46.3 Å². The van der Waals surface area contributed by atoms with Gasteiger partial charge in [0.2, 0.25) is 0 Å². The lowest BCUT2D eigenvalue weighted by molar-refractivity contribution is 0.0137. The highest BCUT2D eigenvalue weighted by Crippen LogP contribution is 2.38. The van der Waals surface area contributed by atoms with E-state index in [1.165, 1.54) is 6.54 Å². The van der Waals surface area contributed by atoms with Crippen molar-refractivity contribution in [1.29, 1.82) is 0 Å². The monoisotopic (exact) mass is 639 g/mol. The van der Waals surface area contributed by atoms with Crippen LogP contribution in [0.4, 0.5) is 0 Å². The van der Waals surface area contributed by atoms with Gasteiger partial charge in [-0.25, -0.2) is 16.8 Å². The Kier molecular flexibility index (Phi) is 18.6. The van der Waals surface area contributed by atoms with Crippen LogP contribution >= 0.6 is 0 Å². The van der Waals surface area contributed by atoms with Crippen LogP contribution in [-0.2, 0) is 29.1 Å². The predicted octanol–water partition coefficient (Wildman–Crippen LogP) is 6.47. The molecule has 3 atom stereocenters. The standard InChI is InChI=1S/C11H23NO.C8H16O2S.C7H14O2S.C7H16O/c1-10(2)11(3,4)9-12-5-7-13-8-6-12;1-7(2)8(3)4-5-11(9,10)6-8;1-6(2)7-3-4-10(8,9)5-7;1-6(2)7(3)5-8-4/h10H,5-9H2,1-4H3;7H,4-6H2,1-3H3;6-7H,3-5H2,1-2H3;6-7H,5H2,1-4H3. The topological polar surface area (TPSA) is 90.0 Å². The quantitative estimate of drug-likeness (QED) is 0.301. The molecule has 9 heteroatoms. The molecule has 42 heavy (non-hydrogen) atoms. The van der Waals surface area contributed by atoms with Crippen molar-refractivity contribution >= 4 is 19.7 Å². The Morgan fingerprint density at radius 3 is 1.71 bits per heavy atom. The molecular weight excluding hydrogens is 570 g/mol. The van der Waals surface area contributed by atoms with Crippen LogP contribution in [0, 0.1) is 46.3 Å². The van der Waals surface area contributed by atoms with Gasteiger partial charge in [-0.3, -0.25) is 4.90 Å². The molecule has 0 aromatic heterocycles. The van der Waals surface area contributed by atoms with Crippen LogP contribution in [0.15, 0.2) is 0 Å².